The first-order chi connectivity index (χ1) is 8.92. The van der Waals surface area contributed by atoms with Gasteiger partial charge in [0.15, 0.2) is 0 Å². The summed E-state index contributed by atoms with van der Waals surface area (Å²) >= 11 is 0. The largest absolute Gasteiger partial charge is 0.360 e. The Morgan fingerprint density at radius 2 is 2.11 bits per heavy atom. The molecule has 0 aromatic carbocycles. The Labute approximate surface area is 117 Å². The van der Waals surface area contributed by atoms with Crippen LogP contribution in [0.2, 0.25) is 0 Å². The van der Waals surface area contributed by atoms with Crippen LogP contribution in [-0.2, 0) is 6.54 Å². The summed E-state index contributed by atoms with van der Waals surface area (Å²) < 4.78 is 0. The van der Waals surface area contributed by atoms with Gasteiger partial charge in [0.1, 0.15) is 5.82 Å². The van der Waals surface area contributed by atoms with E-state index in [1.54, 1.807) is 0 Å². The van der Waals surface area contributed by atoms with Crippen LogP contribution in [0.3, 0.4) is 0 Å². The zero-order chi connectivity index (χ0) is 14.3. The van der Waals surface area contributed by atoms with Crippen molar-refractivity contribution in [2.75, 3.05) is 18.5 Å². The molecule has 0 radical (unpaired) electrons. The first-order valence-corrected chi connectivity index (χ1v) is 6.95. The first-order valence-electron chi connectivity index (χ1n) is 6.95. The van der Waals surface area contributed by atoms with Crippen LogP contribution >= 0.6 is 0 Å². The van der Waals surface area contributed by atoms with E-state index >= 15 is 0 Å². The molecule has 0 unspecified atom stereocenters. The highest BCUT2D eigenvalue weighted by atomic mass is 15.2. The van der Waals surface area contributed by atoms with Crippen LogP contribution in [0.25, 0.3) is 0 Å². The molecular formula is C16H27N3. The third-order valence-corrected chi connectivity index (χ3v) is 2.88. The van der Waals surface area contributed by atoms with Gasteiger partial charge in [-0.25, -0.2) is 4.98 Å². The summed E-state index contributed by atoms with van der Waals surface area (Å²) in [5.74, 6) is 1.04. The summed E-state index contributed by atoms with van der Waals surface area (Å²) in [4.78, 5) is 6.89. The van der Waals surface area contributed by atoms with E-state index in [-0.39, 0.29) is 5.54 Å². The summed E-state index contributed by atoms with van der Waals surface area (Å²) in [5.41, 5.74) is 1.20. The predicted octanol–water partition coefficient (Wildman–Crippen LogP) is 3.37. The molecule has 3 nitrogen and oxygen atoms in total. The van der Waals surface area contributed by atoms with E-state index in [4.69, 9.17) is 4.98 Å². The molecule has 0 saturated heterocycles. The maximum Gasteiger partial charge on any atom is 0.128 e. The van der Waals surface area contributed by atoms with Crippen molar-refractivity contribution in [1.29, 1.82) is 0 Å². The Morgan fingerprint density at radius 1 is 1.37 bits per heavy atom. The fraction of sp³-hybridized carbons (Fsp3) is 0.562. The number of hydrogen-bond acceptors (Lipinski definition) is 3. The van der Waals surface area contributed by atoms with Crippen molar-refractivity contribution in [3.05, 3.63) is 36.5 Å². The maximum absolute atomic E-state index is 4.69. The van der Waals surface area contributed by atoms with Crippen molar-refractivity contribution in [2.24, 2.45) is 0 Å². The van der Waals surface area contributed by atoms with Crippen LogP contribution in [0.4, 0.5) is 5.82 Å². The minimum Gasteiger partial charge on any atom is -0.360 e. The van der Waals surface area contributed by atoms with Gasteiger partial charge in [0, 0.05) is 25.7 Å². The SMILES string of the molecule is C=CCCCN(C)c1cccc(CNC(C)(C)C)n1. The molecule has 0 saturated carbocycles. The van der Waals surface area contributed by atoms with Gasteiger partial charge >= 0.3 is 0 Å². The molecule has 3 heteroatoms. The van der Waals surface area contributed by atoms with E-state index in [1.807, 2.05) is 6.08 Å². The van der Waals surface area contributed by atoms with Gasteiger partial charge in [-0.05, 0) is 45.7 Å². The maximum atomic E-state index is 4.69. The fourth-order valence-electron chi connectivity index (χ4n) is 1.72. The molecule has 19 heavy (non-hydrogen) atoms. The van der Waals surface area contributed by atoms with Crippen LogP contribution in [0.1, 0.15) is 39.3 Å². The van der Waals surface area contributed by atoms with Crippen LogP contribution in [-0.4, -0.2) is 24.1 Å². The molecule has 0 amide bonds. The smallest absolute Gasteiger partial charge is 0.128 e. The lowest BCUT2D eigenvalue weighted by molar-refractivity contribution is 0.421. The molecule has 1 heterocycles. The molecule has 0 aliphatic rings. The Hall–Kier alpha value is -1.35. The summed E-state index contributed by atoms with van der Waals surface area (Å²) in [6.07, 6.45) is 4.13. The second kappa shape index (κ2) is 7.29. The Balaban J connectivity index is 2.58. The average Bonchev–Trinajstić information content (AvgIpc) is 2.36. The van der Waals surface area contributed by atoms with Gasteiger partial charge in [-0.2, -0.15) is 0 Å². The molecule has 1 aromatic heterocycles. The van der Waals surface area contributed by atoms with E-state index in [9.17, 15) is 0 Å². The molecule has 0 aliphatic heterocycles. The zero-order valence-corrected chi connectivity index (χ0v) is 12.7. The standard InChI is InChI=1S/C16H27N3/c1-6-7-8-12-19(5)15-11-9-10-14(18-15)13-17-16(2,3)4/h6,9-11,17H,1,7-8,12-13H2,2-5H3. The molecule has 1 N–H and O–H groups in total. The molecule has 0 aliphatic carbocycles. The lowest BCUT2D eigenvalue weighted by atomic mass is 10.1. The van der Waals surface area contributed by atoms with Gasteiger partial charge in [-0.3, -0.25) is 0 Å². The number of hydrogen-bond donors (Lipinski definition) is 1. The highest BCUT2D eigenvalue weighted by Crippen LogP contribution is 2.11. The topological polar surface area (TPSA) is 28.2 Å². The van der Waals surface area contributed by atoms with E-state index in [2.05, 4.69) is 62.8 Å². The van der Waals surface area contributed by atoms with Crippen LogP contribution in [0.5, 0.6) is 0 Å². The quantitative estimate of drug-likeness (QED) is 0.602. The van der Waals surface area contributed by atoms with Crippen molar-refractivity contribution < 1.29 is 0 Å². The molecule has 106 valence electrons. The van der Waals surface area contributed by atoms with Gasteiger partial charge < -0.3 is 10.2 Å². The van der Waals surface area contributed by atoms with Gasteiger partial charge in [-0.15, -0.1) is 6.58 Å². The Kier molecular flexibility index (Phi) is 6.03. The zero-order valence-electron chi connectivity index (χ0n) is 12.7. The van der Waals surface area contributed by atoms with E-state index in [0.717, 1.165) is 37.4 Å². The summed E-state index contributed by atoms with van der Waals surface area (Å²) in [6.45, 7) is 12.1. The monoisotopic (exact) mass is 261 g/mol. The molecule has 0 bridgehead atoms. The minimum atomic E-state index is 0.119. The van der Waals surface area contributed by atoms with Crippen molar-refractivity contribution in [1.82, 2.24) is 10.3 Å². The van der Waals surface area contributed by atoms with Crippen LogP contribution < -0.4 is 10.2 Å². The average molecular weight is 261 g/mol. The summed E-state index contributed by atoms with van der Waals surface area (Å²) in [7, 11) is 2.09. The number of nitrogens with one attached hydrogen (secondary N) is 1. The molecule has 1 aromatic rings. The van der Waals surface area contributed by atoms with Crippen LogP contribution in [0.15, 0.2) is 30.9 Å². The molecular weight excluding hydrogens is 234 g/mol. The number of anilines is 1. The van der Waals surface area contributed by atoms with Gasteiger partial charge in [0.2, 0.25) is 0 Å². The normalized spacial score (nSPS) is 11.4. The van der Waals surface area contributed by atoms with Crippen molar-refractivity contribution in [3.63, 3.8) is 0 Å². The minimum absolute atomic E-state index is 0.119. The number of nitrogens with zero attached hydrogens (tertiary/aromatic N) is 2. The number of unbranched alkanes of at least 4 members (excludes halogenated alkanes) is 1. The van der Waals surface area contributed by atoms with E-state index in [0.29, 0.717) is 0 Å². The lowest BCUT2D eigenvalue weighted by Gasteiger charge is -2.22. The first kappa shape index (κ1) is 15.7. The fourth-order valence-corrected chi connectivity index (χ4v) is 1.72. The van der Waals surface area contributed by atoms with Crippen LogP contribution in [0, 0.1) is 0 Å². The number of aromatic nitrogens is 1. The predicted molar refractivity (Wildman–Crippen MR) is 83.5 cm³/mol. The van der Waals surface area contributed by atoms with Crippen molar-refractivity contribution in [3.8, 4) is 0 Å². The number of rotatable bonds is 7. The van der Waals surface area contributed by atoms with Gasteiger partial charge in [-0.1, -0.05) is 12.1 Å². The third-order valence-electron chi connectivity index (χ3n) is 2.88. The Morgan fingerprint density at radius 3 is 2.74 bits per heavy atom. The third kappa shape index (κ3) is 6.39. The highest BCUT2D eigenvalue weighted by Gasteiger charge is 2.09. The molecule has 0 spiro atoms. The Bertz CT molecular complexity index is 393. The molecule has 1 rings (SSSR count). The van der Waals surface area contributed by atoms with Crippen molar-refractivity contribution >= 4 is 5.82 Å². The van der Waals surface area contributed by atoms with Gasteiger partial charge in [0.05, 0.1) is 5.69 Å². The van der Waals surface area contributed by atoms with Gasteiger partial charge in [0.25, 0.3) is 0 Å². The number of pyridine rings is 1. The lowest BCUT2D eigenvalue weighted by Crippen LogP contribution is -2.35. The molecule has 0 atom stereocenters. The van der Waals surface area contributed by atoms with E-state index < -0.39 is 0 Å². The number of allylic oxidation sites excluding steroid dienone is 1. The molecule has 0 fully saturated rings. The van der Waals surface area contributed by atoms with E-state index in [1.165, 1.54) is 0 Å². The second-order valence-corrected chi connectivity index (χ2v) is 5.94. The summed E-state index contributed by atoms with van der Waals surface area (Å²) in [6, 6.07) is 6.21. The highest BCUT2D eigenvalue weighted by molar-refractivity contribution is 5.38. The second-order valence-electron chi connectivity index (χ2n) is 5.94. The summed E-state index contributed by atoms with van der Waals surface area (Å²) in [5, 5.41) is 3.46. The van der Waals surface area contributed by atoms with Crippen molar-refractivity contribution in [2.45, 2.75) is 45.7 Å².